The van der Waals surface area contributed by atoms with E-state index < -0.39 is 0 Å². The van der Waals surface area contributed by atoms with Gasteiger partial charge in [-0.05, 0) is 24.6 Å². The van der Waals surface area contributed by atoms with Crippen LogP contribution in [0.1, 0.15) is 18.9 Å². The Balaban J connectivity index is 2.40. The van der Waals surface area contributed by atoms with Crippen molar-refractivity contribution in [3.05, 3.63) is 22.7 Å². The number of rotatable bonds is 2. The molecule has 0 bridgehead atoms. The molecule has 1 aromatic heterocycles. The van der Waals surface area contributed by atoms with Gasteiger partial charge in [-0.25, -0.2) is 4.98 Å². The lowest BCUT2D eigenvalue weighted by Crippen LogP contribution is -2.08. The average Bonchev–Trinajstić information content (AvgIpc) is 2.60. The fourth-order valence-corrected chi connectivity index (χ4v) is 2.43. The molecule has 0 fully saturated rings. The summed E-state index contributed by atoms with van der Waals surface area (Å²) in [7, 11) is 0. The molecule has 2 rings (SSSR count). The quantitative estimate of drug-likeness (QED) is 0.890. The maximum absolute atomic E-state index is 11.2. The zero-order chi connectivity index (χ0) is 11.7. The van der Waals surface area contributed by atoms with E-state index >= 15 is 0 Å². The van der Waals surface area contributed by atoms with Crippen molar-refractivity contribution in [2.24, 2.45) is 0 Å². The van der Waals surface area contributed by atoms with E-state index in [1.807, 2.05) is 26.0 Å². The van der Waals surface area contributed by atoms with Gasteiger partial charge < -0.3 is 5.32 Å². The third kappa shape index (κ3) is 2.18. The lowest BCUT2D eigenvalue weighted by molar-refractivity contribution is -0.115. The molecular formula is C11H11ClN2OS. The van der Waals surface area contributed by atoms with E-state index in [9.17, 15) is 4.79 Å². The predicted octanol–water partition coefficient (Wildman–Crippen LogP) is 3.61. The van der Waals surface area contributed by atoms with Gasteiger partial charge in [-0.15, -0.1) is 0 Å². The molecule has 0 atom stereocenters. The van der Waals surface area contributed by atoms with Crippen LogP contribution < -0.4 is 5.32 Å². The molecule has 0 saturated heterocycles. The van der Waals surface area contributed by atoms with Crippen LogP contribution in [-0.4, -0.2) is 10.9 Å². The van der Waals surface area contributed by atoms with Crippen LogP contribution in [0.2, 0.25) is 5.02 Å². The number of carbonyl (C=O) groups is 1. The first-order chi connectivity index (χ1) is 7.60. The second-order valence-corrected chi connectivity index (χ2v) is 4.93. The summed E-state index contributed by atoms with van der Waals surface area (Å²) in [5.74, 6) is -0.0260. The van der Waals surface area contributed by atoms with Crippen LogP contribution >= 0.6 is 22.9 Å². The number of aryl methyl sites for hydroxylation is 1. The summed E-state index contributed by atoms with van der Waals surface area (Å²) in [4.78, 5) is 15.5. The number of fused-ring (bicyclic) bond motifs is 1. The van der Waals surface area contributed by atoms with Crippen LogP contribution in [0.15, 0.2) is 12.1 Å². The van der Waals surface area contributed by atoms with Gasteiger partial charge >= 0.3 is 0 Å². The van der Waals surface area contributed by atoms with Crippen LogP contribution in [0.5, 0.6) is 0 Å². The fourth-order valence-electron chi connectivity index (χ4n) is 1.31. The molecule has 0 aliphatic rings. The topological polar surface area (TPSA) is 42.0 Å². The number of hydrogen-bond acceptors (Lipinski definition) is 3. The molecular weight excluding hydrogens is 244 g/mol. The van der Waals surface area contributed by atoms with E-state index in [1.54, 1.807) is 0 Å². The van der Waals surface area contributed by atoms with Gasteiger partial charge in [0.05, 0.1) is 10.2 Å². The van der Waals surface area contributed by atoms with Gasteiger partial charge in [0.2, 0.25) is 5.91 Å². The van der Waals surface area contributed by atoms with Gasteiger partial charge in [0.25, 0.3) is 0 Å². The minimum atomic E-state index is -0.0260. The number of amides is 1. The Kier molecular flexibility index (Phi) is 3.12. The number of hydrogen-bond donors (Lipinski definition) is 1. The average molecular weight is 255 g/mol. The highest BCUT2D eigenvalue weighted by molar-refractivity contribution is 7.22. The van der Waals surface area contributed by atoms with Gasteiger partial charge in [0, 0.05) is 11.4 Å². The van der Waals surface area contributed by atoms with E-state index in [4.69, 9.17) is 11.6 Å². The summed E-state index contributed by atoms with van der Waals surface area (Å²) < 4.78 is 1.04. The first kappa shape index (κ1) is 11.4. The summed E-state index contributed by atoms with van der Waals surface area (Å²) in [6.45, 7) is 3.76. The van der Waals surface area contributed by atoms with Crippen molar-refractivity contribution in [3.63, 3.8) is 0 Å². The Morgan fingerprint density at radius 1 is 1.56 bits per heavy atom. The molecule has 84 valence electrons. The smallest absolute Gasteiger partial charge is 0.225 e. The minimum absolute atomic E-state index is 0.0260. The Hall–Kier alpha value is -1.13. The number of thiazole rings is 1. The van der Waals surface area contributed by atoms with Crippen molar-refractivity contribution in [2.75, 3.05) is 5.32 Å². The van der Waals surface area contributed by atoms with Gasteiger partial charge in [-0.3, -0.25) is 4.79 Å². The Labute approximate surface area is 102 Å². The number of aromatic nitrogens is 1. The molecule has 5 heteroatoms. The van der Waals surface area contributed by atoms with Crippen molar-refractivity contribution in [2.45, 2.75) is 20.3 Å². The van der Waals surface area contributed by atoms with E-state index in [1.165, 1.54) is 11.3 Å². The SMILES string of the molecule is CCC(=O)Nc1nc2cc(Cl)c(C)cc2s1. The first-order valence-corrected chi connectivity index (χ1v) is 6.16. The molecule has 1 aromatic carbocycles. The lowest BCUT2D eigenvalue weighted by atomic mass is 10.2. The normalized spacial score (nSPS) is 10.7. The molecule has 0 spiro atoms. The summed E-state index contributed by atoms with van der Waals surface area (Å²) in [5, 5.41) is 4.07. The molecule has 1 N–H and O–H groups in total. The molecule has 0 saturated carbocycles. The molecule has 1 amide bonds. The molecule has 0 radical (unpaired) electrons. The highest BCUT2D eigenvalue weighted by Gasteiger charge is 2.08. The zero-order valence-corrected chi connectivity index (χ0v) is 10.6. The Bertz CT molecular complexity index is 511. The monoisotopic (exact) mass is 254 g/mol. The minimum Gasteiger partial charge on any atom is -0.302 e. The standard InChI is InChI=1S/C11H11ClN2OS/c1-3-10(15)14-11-13-8-5-7(12)6(2)4-9(8)16-11/h4-5H,3H2,1-2H3,(H,13,14,15). The highest BCUT2D eigenvalue weighted by Crippen LogP contribution is 2.30. The van der Waals surface area contributed by atoms with Crippen molar-refractivity contribution in [3.8, 4) is 0 Å². The number of anilines is 1. The summed E-state index contributed by atoms with van der Waals surface area (Å²) in [6, 6.07) is 3.81. The number of benzene rings is 1. The molecule has 0 unspecified atom stereocenters. The molecule has 16 heavy (non-hydrogen) atoms. The second kappa shape index (κ2) is 4.39. The van der Waals surface area contributed by atoms with Crippen molar-refractivity contribution < 1.29 is 4.79 Å². The van der Waals surface area contributed by atoms with E-state index in [0.717, 1.165) is 15.8 Å². The summed E-state index contributed by atoms with van der Waals surface area (Å²) in [6.07, 6.45) is 0.454. The summed E-state index contributed by atoms with van der Waals surface area (Å²) in [5.41, 5.74) is 1.85. The van der Waals surface area contributed by atoms with Crippen molar-refractivity contribution >= 4 is 44.2 Å². The molecule has 0 aliphatic heterocycles. The Morgan fingerprint density at radius 3 is 3.00 bits per heavy atom. The number of nitrogens with one attached hydrogen (secondary N) is 1. The van der Waals surface area contributed by atoms with Crippen LogP contribution in [0, 0.1) is 6.92 Å². The predicted molar refractivity (Wildman–Crippen MR) is 68.3 cm³/mol. The Morgan fingerprint density at radius 2 is 2.31 bits per heavy atom. The maximum atomic E-state index is 11.2. The number of nitrogens with zero attached hydrogens (tertiary/aromatic N) is 1. The van der Waals surface area contributed by atoms with Crippen LogP contribution in [-0.2, 0) is 4.79 Å². The molecule has 0 aliphatic carbocycles. The highest BCUT2D eigenvalue weighted by atomic mass is 35.5. The van der Waals surface area contributed by atoms with Gasteiger partial charge in [0.1, 0.15) is 0 Å². The van der Waals surface area contributed by atoms with E-state index in [2.05, 4.69) is 10.3 Å². The second-order valence-electron chi connectivity index (χ2n) is 3.49. The van der Waals surface area contributed by atoms with E-state index in [0.29, 0.717) is 16.6 Å². The third-order valence-corrected chi connectivity index (χ3v) is 3.58. The van der Waals surface area contributed by atoms with Crippen LogP contribution in [0.25, 0.3) is 10.2 Å². The summed E-state index contributed by atoms with van der Waals surface area (Å²) >= 11 is 7.47. The molecule has 3 nitrogen and oxygen atoms in total. The van der Waals surface area contributed by atoms with Gasteiger partial charge in [-0.2, -0.15) is 0 Å². The van der Waals surface area contributed by atoms with E-state index in [-0.39, 0.29) is 5.91 Å². The first-order valence-electron chi connectivity index (χ1n) is 4.96. The lowest BCUT2D eigenvalue weighted by Gasteiger charge is -1.95. The molecule has 2 aromatic rings. The third-order valence-electron chi connectivity index (χ3n) is 2.24. The zero-order valence-electron chi connectivity index (χ0n) is 9.00. The molecule has 1 heterocycles. The van der Waals surface area contributed by atoms with Crippen LogP contribution in [0.4, 0.5) is 5.13 Å². The number of carbonyl (C=O) groups excluding carboxylic acids is 1. The van der Waals surface area contributed by atoms with Crippen LogP contribution in [0.3, 0.4) is 0 Å². The maximum Gasteiger partial charge on any atom is 0.225 e. The van der Waals surface area contributed by atoms with Gasteiger partial charge in [0.15, 0.2) is 5.13 Å². The fraction of sp³-hybridized carbons (Fsp3) is 0.273. The largest absolute Gasteiger partial charge is 0.302 e. The van der Waals surface area contributed by atoms with Gasteiger partial charge in [-0.1, -0.05) is 29.9 Å². The number of halogens is 1. The van der Waals surface area contributed by atoms with Crippen molar-refractivity contribution in [1.82, 2.24) is 4.98 Å². The van der Waals surface area contributed by atoms with Crippen molar-refractivity contribution in [1.29, 1.82) is 0 Å².